The Kier molecular flexibility index (Phi) is 2.97. The normalized spacial score (nSPS) is 11.1. The molecule has 0 saturated carbocycles. The monoisotopic (exact) mass is 295 g/mol. The van der Waals surface area contributed by atoms with E-state index < -0.39 is 0 Å². The molecule has 0 bridgehead atoms. The lowest BCUT2D eigenvalue weighted by Gasteiger charge is -2.11. The van der Waals surface area contributed by atoms with Gasteiger partial charge in [0.05, 0.1) is 19.4 Å². The van der Waals surface area contributed by atoms with E-state index in [1.165, 1.54) is 0 Å². The van der Waals surface area contributed by atoms with Crippen LogP contribution in [-0.2, 0) is 0 Å². The van der Waals surface area contributed by atoms with Crippen molar-refractivity contribution in [3.63, 3.8) is 0 Å². The average Bonchev–Trinajstić information content (AvgIpc) is 2.95. The Hall–Kier alpha value is -1.17. The van der Waals surface area contributed by atoms with Gasteiger partial charge in [-0.1, -0.05) is 11.6 Å². The van der Waals surface area contributed by atoms with Crippen molar-refractivity contribution in [3.05, 3.63) is 27.9 Å². The van der Waals surface area contributed by atoms with Crippen LogP contribution in [0.3, 0.4) is 0 Å². The van der Waals surface area contributed by atoms with Gasteiger partial charge in [-0.05, 0) is 23.6 Å². The first-order chi connectivity index (χ1) is 8.65. The quantitative estimate of drug-likeness (QED) is 0.711. The minimum absolute atomic E-state index is 0.723. The van der Waals surface area contributed by atoms with Crippen LogP contribution in [0.4, 0.5) is 5.95 Å². The highest BCUT2D eigenvalue weighted by molar-refractivity contribution is 7.21. The molecule has 0 spiro atoms. The van der Waals surface area contributed by atoms with E-state index in [1.54, 1.807) is 22.7 Å². The van der Waals surface area contributed by atoms with Gasteiger partial charge >= 0.3 is 0 Å². The molecule has 0 aliphatic heterocycles. The molecule has 3 aromatic heterocycles. The maximum Gasteiger partial charge on any atom is 0.226 e. The highest BCUT2D eigenvalue weighted by Gasteiger charge is 2.13. The molecule has 0 fully saturated rings. The molecule has 0 unspecified atom stereocenters. The minimum atomic E-state index is 0.723. The fourth-order valence-electron chi connectivity index (χ4n) is 1.66. The molecule has 6 heteroatoms. The van der Waals surface area contributed by atoms with Gasteiger partial charge in [0, 0.05) is 14.1 Å². The first-order valence-electron chi connectivity index (χ1n) is 5.33. The highest BCUT2D eigenvalue weighted by atomic mass is 35.5. The Bertz CT molecular complexity index is 702. The molecular formula is C12H10ClN3S2. The van der Waals surface area contributed by atoms with Gasteiger partial charge in [0.15, 0.2) is 0 Å². The summed E-state index contributed by atoms with van der Waals surface area (Å²) in [5.41, 5.74) is 1.95. The molecule has 18 heavy (non-hydrogen) atoms. The lowest BCUT2D eigenvalue weighted by molar-refractivity contribution is 1.02. The van der Waals surface area contributed by atoms with Crippen molar-refractivity contribution < 1.29 is 0 Å². The van der Waals surface area contributed by atoms with Crippen molar-refractivity contribution >= 4 is 50.4 Å². The molecule has 3 heterocycles. The molecule has 3 nitrogen and oxygen atoms in total. The van der Waals surface area contributed by atoms with Crippen LogP contribution in [0.25, 0.3) is 20.8 Å². The van der Waals surface area contributed by atoms with Crippen LogP contribution in [-0.4, -0.2) is 24.1 Å². The lowest BCUT2D eigenvalue weighted by Crippen LogP contribution is -2.12. The number of anilines is 1. The number of rotatable bonds is 2. The topological polar surface area (TPSA) is 29.0 Å². The first-order valence-corrected chi connectivity index (χ1v) is 7.41. The van der Waals surface area contributed by atoms with Gasteiger partial charge in [0.25, 0.3) is 0 Å². The highest BCUT2D eigenvalue weighted by Crippen LogP contribution is 2.36. The van der Waals surface area contributed by atoms with Gasteiger partial charge in [0.2, 0.25) is 5.95 Å². The van der Waals surface area contributed by atoms with E-state index >= 15 is 0 Å². The molecule has 3 rings (SSSR count). The third-order valence-corrected chi connectivity index (χ3v) is 4.65. The Balaban J connectivity index is 2.28. The van der Waals surface area contributed by atoms with Gasteiger partial charge in [-0.2, -0.15) is 0 Å². The van der Waals surface area contributed by atoms with E-state index in [-0.39, 0.29) is 0 Å². The van der Waals surface area contributed by atoms with E-state index in [2.05, 4.69) is 9.97 Å². The number of halogens is 1. The summed E-state index contributed by atoms with van der Waals surface area (Å²) in [5, 5.41) is 2.04. The van der Waals surface area contributed by atoms with Crippen LogP contribution >= 0.6 is 34.3 Å². The van der Waals surface area contributed by atoms with Crippen molar-refractivity contribution in [3.8, 4) is 10.6 Å². The zero-order valence-corrected chi connectivity index (χ0v) is 12.2. The Morgan fingerprint density at radius 3 is 2.67 bits per heavy atom. The molecule has 0 amide bonds. The number of fused-ring (bicyclic) bond motifs is 1. The molecule has 92 valence electrons. The SMILES string of the molecule is CN(C)c1nc(-c2ccc(Cl)s2)c2sccc2n1. The van der Waals surface area contributed by atoms with Crippen molar-refractivity contribution in [2.75, 3.05) is 19.0 Å². The van der Waals surface area contributed by atoms with Gasteiger partial charge < -0.3 is 4.90 Å². The van der Waals surface area contributed by atoms with Crippen molar-refractivity contribution in [2.24, 2.45) is 0 Å². The molecular weight excluding hydrogens is 286 g/mol. The van der Waals surface area contributed by atoms with Crippen LogP contribution in [0, 0.1) is 0 Å². The Morgan fingerprint density at radius 2 is 2.00 bits per heavy atom. The third-order valence-electron chi connectivity index (χ3n) is 2.50. The fourth-order valence-corrected chi connectivity index (χ4v) is 3.60. The van der Waals surface area contributed by atoms with Gasteiger partial charge in [-0.3, -0.25) is 0 Å². The first kappa shape index (κ1) is 11.9. The van der Waals surface area contributed by atoms with Crippen molar-refractivity contribution in [2.45, 2.75) is 0 Å². The van der Waals surface area contributed by atoms with Gasteiger partial charge in [-0.25, -0.2) is 9.97 Å². The second kappa shape index (κ2) is 4.50. The predicted octanol–water partition coefficient (Wildman–Crippen LogP) is 4.14. The van der Waals surface area contributed by atoms with Crippen molar-refractivity contribution in [1.82, 2.24) is 9.97 Å². The standard InChI is InChI=1S/C12H10ClN3S2/c1-16(2)12-14-7-5-6-17-11(7)10(15-12)8-3-4-9(13)18-8/h3-6H,1-2H3. The summed E-state index contributed by atoms with van der Waals surface area (Å²) in [6, 6.07) is 5.93. The molecule has 0 aliphatic carbocycles. The summed E-state index contributed by atoms with van der Waals surface area (Å²) in [7, 11) is 3.89. The fraction of sp³-hybridized carbons (Fsp3) is 0.167. The summed E-state index contributed by atoms with van der Waals surface area (Å²) >= 11 is 9.21. The van der Waals surface area contributed by atoms with E-state index in [0.717, 1.165) is 31.1 Å². The molecule has 0 radical (unpaired) electrons. The summed E-state index contributed by atoms with van der Waals surface area (Å²) in [4.78, 5) is 12.2. The smallest absolute Gasteiger partial charge is 0.226 e. The second-order valence-corrected chi connectivity index (χ2v) is 6.64. The molecule has 3 aromatic rings. The Labute approximate surface area is 118 Å². The minimum Gasteiger partial charge on any atom is -0.347 e. The number of aromatic nitrogens is 2. The van der Waals surface area contributed by atoms with E-state index in [1.807, 2.05) is 42.6 Å². The van der Waals surface area contributed by atoms with Crippen LogP contribution in [0.2, 0.25) is 4.34 Å². The number of thiophene rings is 2. The average molecular weight is 296 g/mol. The van der Waals surface area contributed by atoms with Crippen LogP contribution in [0.5, 0.6) is 0 Å². The molecule has 0 saturated heterocycles. The van der Waals surface area contributed by atoms with E-state index in [9.17, 15) is 0 Å². The lowest BCUT2D eigenvalue weighted by atomic mass is 10.3. The Morgan fingerprint density at radius 1 is 1.17 bits per heavy atom. The summed E-state index contributed by atoms with van der Waals surface area (Å²) in [5.74, 6) is 0.723. The van der Waals surface area contributed by atoms with Crippen molar-refractivity contribution in [1.29, 1.82) is 0 Å². The zero-order chi connectivity index (χ0) is 12.7. The summed E-state index contributed by atoms with van der Waals surface area (Å²) in [6.07, 6.45) is 0. The van der Waals surface area contributed by atoms with Crippen LogP contribution in [0.15, 0.2) is 23.6 Å². The molecule has 0 aliphatic rings. The number of hydrogen-bond acceptors (Lipinski definition) is 5. The largest absolute Gasteiger partial charge is 0.347 e. The maximum absolute atomic E-state index is 6.01. The maximum atomic E-state index is 6.01. The third kappa shape index (κ3) is 1.98. The second-order valence-electron chi connectivity index (χ2n) is 4.01. The summed E-state index contributed by atoms with van der Waals surface area (Å²) < 4.78 is 1.89. The van der Waals surface area contributed by atoms with Gasteiger partial charge in [0.1, 0.15) is 5.69 Å². The van der Waals surface area contributed by atoms with E-state index in [0.29, 0.717) is 0 Å². The van der Waals surface area contributed by atoms with Gasteiger partial charge in [-0.15, -0.1) is 22.7 Å². The number of nitrogens with zero attached hydrogens (tertiary/aromatic N) is 3. The molecule has 0 aromatic carbocycles. The van der Waals surface area contributed by atoms with E-state index in [4.69, 9.17) is 11.6 Å². The number of hydrogen-bond donors (Lipinski definition) is 0. The molecule has 0 atom stereocenters. The zero-order valence-electron chi connectivity index (χ0n) is 9.85. The predicted molar refractivity (Wildman–Crippen MR) is 80.1 cm³/mol. The molecule has 0 N–H and O–H groups in total. The van der Waals surface area contributed by atoms with Crippen LogP contribution < -0.4 is 4.90 Å². The summed E-state index contributed by atoms with van der Waals surface area (Å²) in [6.45, 7) is 0. The van der Waals surface area contributed by atoms with Crippen LogP contribution in [0.1, 0.15) is 0 Å².